The number of hydrogen-bond acceptors (Lipinski definition) is 4. The molecule has 82 valence electrons. The van der Waals surface area contributed by atoms with Crippen LogP contribution in [0.2, 0.25) is 0 Å². The molecule has 1 saturated carbocycles. The summed E-state index contributed by atoms with van der Waals surface area (Å²) in [4.78, 5) is 22.8. The summed E-state index contributed by atoms with van der Waals surface area (Å²) in [6.45, 7) is 5.04. The molecule has 3 atom stereocenters. The monoisotopic (exact) mass is 210 g/mol. The lowest BCUT2D eigenvalue weighted by molar-refractivity contribution is -0.178. The zero-order chi connectivity index (χ0) is 11.0. The van der Waals surface area contributed by atoms with Gasteiger partial charge in [0.1, 0.15) is 6.10 Å². The van der Waals surface area contributed by atoms with Crippen LogP contribution in [0.4, 0.5) is 0 Å². The highest BCUT2D eigenvalue weighted by Crippen LogP contribution is 2.37. The average molecular weight is 210 g/mol. The topological polar surface area (TPSA) is 52.6 Å². The fourth-order valence-corrected chi connectivity index (χ4v) is 2.14. The molecule has 1 aliphatic heterocycles. The van der Waals surface area contributed by atoms with E-state index in [-0.39, 0.29) is 12.0 Å². The van der Waals surface area contributed by atoms with Gasteiger partial charge in [-0.15, -0.1) is 0 Å². The van der Waals surface area contributed by atoms with Gasteiger partial charge in [0, 0.05) is 11.5 Å². The van der Waals surface area contributed by atoms with Crippen molar-refractivity contribution in [1.29, 1.82) is 0 Å². The molecule has 1 aliphatic carbocycles. The average Bonchev–Trinajstić information content (AvgIpc) is 2.56. The Morgan fingerprint density at radius 2 is 2.27 bits per heavy atom. The van der Waals surface area contributed by atoms with Crippen LogP contribution < -0.4 is 0 Å². The highest BCUT2D eigenvalue weighted by molar-refractivity contribution is 5.89. The van der Waals surface area contributed by atoms with Crippen molar-refractivity contribution in [1.82, 2.24) is 0 Å². The fourth-order valence-electron chi connectivity index (χ4n) is 2.14. The molecule has 2 bridgehead atoms. The molecule has 2 fully saturated rings. The van der Waals surface area contributed by atoms with E-state index >= 15 is 0 Å². The normalized spacial score (nSPS) is 33.4. The molecule has 4 nitrogen and oxygen atoms in total. The highest BCUT2D eigenvalue weighted by Gasteiger charge is 2.45. The number of fused-ring (bicyclic) bond motifs is 2. The Labute approximate surface area is 88.2 Å². The van der Waals surface area contributed by atoms with Crippen LogP contribution in [0.3, 0.4) is 0 Å². The van der Waals surface area contributed by atoms with Gasteiger partial charge >= 0.3 is 11.9 Å². The summed E-state index contributed by atoms with van der Waals surface area (Å²) in [6, 6.07) is 0. The third-order valence-electron chi connectivity index (χ3n) is 2.95. The minimum Gasteiger partial charge on any atom is -0.460 e. The Bertz CT molecular complexity index is 321. The second-order valence-corrected chi connectivity index (χ2v) is 4.24. The van der Waals surface area contributed by atoms with Gasteiger partial charge in [0.25, 0.3) is 0 Å². The zero-order valence-corrected chi connectivity index (χ0v) is 8.69. The lowest BCUT2D eigenvalue weighted by Gasteiger charge is -2.27. The van der Waals surface area contributed by atoms with E-state index in [0.29, 0.717) is 5.57 Å². The molecule has 0 aromatic heterocycles. The number of ether oxygens (including phenoxy) is 2. The Morgan fingerprint density at radius 1 is 1.53 bits per heavy atom. The summed E-state index contributed by atoms with van der Waals surface area (Å²) in [5.74, 6) is -0.773. The third-order valence-corrected chi connectivity index (χ3v) is 2.95. The van der Waals surface area contributed by atoms with E-state index in [0.717, 1.165) is 19.3 Å². The van der Waals surface area contributed by atoms with E-state index < -0.39 is 18.0 Å². The second-order valence-electron chi connectivity index (χ2n) is 4.24. The summed E-state index contributed by atoms with van der Waals surface area (Å²) in [5.41, 5.74) is 0.308. The van der Waals surface area contributed by atoms with Crippen LogP contribution in [0.5, 0.6) is 0 Å². The van der Waals surface area contributed by atoms with Gasteiger partial charge in [-0.3, -0.25) is 0 Å². The summed E-state index contributed by atoms with van der Waals surface area (Å²) < 4.78 is 10.2. The first-order valence-electron chi connectivity index (χ1n) is 5.15. The number of carbonyl (C=O) groups excluding carboxylic acids is 2. The van der Waals surface area contributed by atoms with Crippen molar-refractivity contribution in [2.45, 2.75) is 38.4 Å². The maximum Gasteiger partial charge on any atom is 0.348 e. The largest absolute Gasteiger partial charge is 0.460 e. The van der Waals surface area contributed by atoms with Gasteiger partial charge in [-0.25, -0.2) is 9.59 Å². The first-order chi connectivity index (χ1) is 7.08. The molecule has 0 aromatic carbocycles. The Kier molecular flexibility index (Phi) is 2.50. The maximum atomic E-state index is 11.5. The van der Waals surface area contributed by atoms with E-state index in [2.05, 4.69) is 6.58 Å². The number of rotatable bonds is 2. The molecule has 1 saturated heterocycles. The van der Waals surface area contributed by atoms with E-state index in [1.54, 1.807) is 6.92 Å². The van der Waals surface area contributed by atoms with Crippen molar-refractivity contribution in [3.05, 3.63) is 12.2 Å². The molecule has 0 radical (unpaired) electrons. The van der Waals surface area contributed by atoms with Gasteiger partial charge < -0.3 is 9.47 Å². The summed E-state index contributed by atoms with van der Waals surface area (Å²) >= 11 is 0. The standard InChI is InChI=1S/C11H14O4/c1-6(2)10(12)15-9-7-3-4-8(5-7)14-11(9)13/h7-9H,1,3-5H2,2H3. The van der Waals surface area contributed by atoms with Gasteiger partial charge in [0.2, 0.25) is 6.10 Å². The van der Waals surface area contributed by atoms with Gasteiger partial charge in [-0.05, 0) is 26.2 Å². The van der Waals surface area contributed by atoms with E-state index in [1.165, 1.54) is 0 Å². The quantitative estimate of drug-likeness (QED) is 0.507. The Balaban J connectivity index is 2.04. The van der Waals surface area contributed by atoms with Gasteiger partial charge in [0.15, 0.2) is 0 Å². The molecule has 0 amide bonds. The molecule has 0 aromatic rings. The number of carbonyl (C=O) groups is 2. The molecule has 0 spiro atoms. The predicted octanol–water partition coefficient (Wildman–Crippen LogP) is 1.20. The van der Waals surface area contributed by atoms with E-state index in [9.17, 15) is 9.59 Å². The van der Waals surface area contributed by atoms with Crippen molar-refractivity contribution in [3.63, 3.8) is 0 Å². The molecule has 3 unspecified atom stereocenters. The van der Waals surface area contributed by atoms with Gasteiger partial charge in [-0.2, -0.15) is 0 Å². The molecular formula is C11H14O4. The second kappa shape index (κ2) is 3.68. The maximum absolute atomic E-state index is 11.5. The number of esters is 2. The minimum atomic E-state index is -0.715. The highest BCUT2D eigenvalue weighted by atomic mass is 16.6. The molecular weight excluding hydrogens is 196 g/mol. The molecule has 15 heavy (non-hydrogen) atoms. The molecule has 1 heterocycles. The van der Waals surface area contributed by atoms with Crippen molar-refractivity contribution in [3.8, 4) is 0 Å². The minimum absolute atomic E-state index is 0.0438. The van der Waals surface area contributed by atoms with Crippen molar-refractivity contribution in [2.75, 3.05) is 0 Å². The lowest BCUT2D eigenvalue weighted by atomic mass is 9.99. The first kappa shape index (κ1) is 10.2. The van der Waals surface area contributed by atoms with Gasteiger partial charge in [-0.1, -0.05) is 6.58 Å². The van der Waals surface area contributed by atoms with Crippen LogP contribution in [0, 0.1) is 5.92 Å². The van der Waals surface area contributed by atoms with Crippen molar-refractivity contribution in [2.24, 2.45) is 5.92 Å². The van der Waals surface area contributed by atoms with Crippen LogP contribution in [-0.2, 0) is 19.1 Å². The molecule has 2 rings (SSSR count). The lowest BCUT2D eigenvalue weighted by Crippen LogP contribution is -2.40. The predicted molar refractivity (Wildman–Crippen MR) is 51.9 cm³/mol. The van der Waals surface area contributed by atoms with Crippen LogP contribution in [0.1, 0.15) is 26.2 Å². The molecule has 0 N–H and O–H groups in total. The van der Waals surface area contributed by atoms with E-state index in [1.807, 2.05) is 0 Å². The molecule has 4 heteroatoms. The first-order valence-corrected chi connectivity index (χ1v) is 5.15. The van der Waals surface area contributed by atoms with Crippen LogP contribution in [0.25, 0.3) is 0 Å². The SMILES string of the molecule is C=C(C)C(=O)OC1C(=O)OC2CCC1C2. The van der Waals surface area contributed by atoms with E-state index in [4.69, 9.17) is 9.47 Å². The summed E-state index contributed by atoms with van der Waals surface area (Å²) in [6.07, 6.45) is 1.93. The van der Waals surface area contributed by atoms with Crippen molar-refractivity contribution >= 4 is 11.9 Å². The zero-order valence-electron chi connectivity index (χ0n) is 8.69. The summed E-state index contributed by atoms with van der Waals surface area (Å²) in [5, 5.41) is 0. The molecule has 2 aliphatic rings. The van der Waals surface area contributed by atoms with Crippen LogP contribution in [-0.4, -0.2) is 24.1 Å². The Hall–Kier alpha value is -1.32. The van der Waals surface area contributed by atoms with Crippen molar-refractivity contribution < 1.29 is 19.1 Å². The smallest absolute Gasteiger partial charge is 0.348 e. The van der Waals surface area contributed by atoms with Gasteiger partial charge in [0.05, 0.1) is 0 Å². The van der Waals surface area contributed by atoms with Crippen LogP contribution in [0.15, 0.2) is 12.2 Å². The Morgan fingerprint density at radius 3 is 2.93 bits per heavy atom. The summed E-state index contributed by atoms with van der Waals surface area (Å²) in [7, 11) is 0. The fraction of sp³-hybridized carbons (Fsp3) is 0.636. The third kappa shape index (κ3) is 1.89. The van der Waals surface area contributed by atoms with Crippen LogP contribution >= 0.6 is 0 Å². The number of hydrogen-bond donors (Lipinski definition) is 0.